The van der Waals surface area contributed by atoms with Gasteiger partial charge in [-0.1, -0.05) is 42.5 Å². The number of fused-ring (bicyclic) bond motifs is 1. The molecule has 1 aromatic heterocycles. The van der Waals surface area contributed by atoms with Gasteiger partial charge in [0.05, 0.1) is 6.20 Å². The Bertz CT molecular complexity index is 942. The standard InChI is InChI=1S/C24H25N3O/c1-2-6-21-16-27(15-20(21)5-1)14-18-4-3-7-19(10-18)22-11-24(13-25-12-22)28-17-23-8-9-26-23/h1-7,10-13,23,26H,8-9,14-17H2. The number of aromatic nitrogens is 1. The summed E-state index contributed by atoms with van der Waals surface area (Å²) in [6, 6.07) is 20.1. The van der Waals surface area contributed by atoms with Gasteiger partial charge < -0.3 is 10.1 Å². The molecule has 3 aromatic rings. The van der Waals surface area contributed by atoms with Gasteiger partial charge in [-0.2, -0.15) is 0 Å². The second kappa shape index (κ2) is 7.74. The fraction of sp³-hybridized carbons (Fsp3) is 0.292. The van der Waals surface area contributed by atoms with Crippen molar-refractivity contribution in [2.24, 2.45) is 0 Å². The van der Waals surface area contributed by atoms with Crippen LogP contribution in [-0.2, 0) is 19.6 Å². The molecule has 0 saturated carbocycles. The topological polar surface area (TPSA) is 37.4 Å². The molecule has 1 N–H and O–H groups in total. The summed E-state index contributed by atoms with van der Waals surface area (Å²) in [5.41, 5.74) is 6.53. The maximum Gasteiger partial charge on any atom is 0.138 e. The van der Waals surface area contributed by atoms with Gasteiger partial charge in [0, 0.05) is 37.4 Å². The van der Waals surface area contributed by atoms with E-state index in [0.717, 1.165) is 37.5 Å². The molecule has 0 radical (unpaired) electrons. The summed E-state index contributed by atoms with van der Waals surface area (Å²) in [5.74, 6) is 0.839. The summed E-state index contributed by atoms with van der Waals surface area (Å²) in [7, 11) is 0. The Balaban J connectivity index is 1.28. The molecule has 4 heteroatoms. The van der Waals surface area contributed by atoms with Crippen molar-refractivity contribution >= 4 is 0 Å². The number of pyridine rings is 1. The van der Waals surface area contributed by atoms with Crippen LogP contribution in [-0.4, -0.2) is 29.1 Å². The zero-order valence-corrected chi connectivity index (χ0v) is 16.0. The van der Waals surface area contributed by atoms with Gasteiger partial charge in [0.2, 0.25) is 0 Å². The highest BCUT2D eigenvalue weighted by molar-refractivity contribution is 5.64. The minimum Gasteiger partial charge on any atom is -0.490 e. The molecule has 0 aliphatic carbocycles. The SMILES string of the molecule is c1cc(CN2Cc3ccccc3C2)cc(-c2cncc(OCC3CCN3)c2)c1. The summed E-state index contributed by atoms with van der Waals surface area (Å²) >= 11 is 0. The van der Waals surface area contributed by atoms with E-state index in [4.69, 9.17) is 4.74 Å². The molecule has 1 atom stereocenters. The third kappa shape index (κ3) is 3.79. The highest BCUT2D eigenvalue weighted by atomic mass is 16.5. The van der Waals surface area contributed by atoms with E-state index in [1.165, 1.54) is 28.7 Å². The van der Waals surface area contributed by atoms with Crippen LogP contribution in [0.25, 0.3) is 11.1 Å². The number of nitrogens with one attached hydrogen (secondary N) is 1. The number of hydrogen-bond acceptors (Lipinski definition) is 4. The molecule has 1 fully saturated rings. The van der Waals surface area contributed by atoms with Crippen molar-refractivity contribution in [3.05, 3.63) is 83.7 Å². The summed E-state index contributed by atoms with van der Waals surface area (Å²) in [4.78, 5) is 6.88. The van der Waals surface area contributed by atoms with Crippen LogP contribution in [0.4, 0.5) is 0 Å². The quantitative estimate of drug-likeness (QED) is 0.711. The molecule has 142 valence electrons. The van der Waals surface area contributed by atoms with Crippen molar-refractivity contribution in [3.63, 3.8) is 0 Å². The predicted octanol–water partition coefficient (Wildman–Crippen LogP) is 4.01. The molecular weight excluding hydrogens is 346 g/mol. The van der Waals surface area contributed by atoms with Gasteiger partial charge in [0.1, 0.15) is 12.4 Å². The number of rotatable bonds is 6. The van der Waals surface area contributed by atoms with E-state index < -0.39 is 0 Å². The maximum atomic E-state index is 5.91. The van der Waals surface area contributed by atoms with Crippen LogP contribution in [0.1, 0.15) is 23.1 Å². The largest absolute Gasteiger partial charge is 0.490 e. The summed E-state index contributed by atoms with van der Waals surface area (Å²) < 4.78 is 5.91. The Labute approximate surface area is 166 Å². The van der Waals surface area contributed by atoms with Crippen LogP contribution in [0, 0.1) is 0 Å². The van der Waals surface area contributed by atoms with Crippen molar-refractivity contribution in [2.45, 2.75) is 32.1 Å². The van der Waals surface area contributed by atoms with E-state index in [0.29, 0.717) is 12.6 Å². The van der Waals surface area contributed by atoms with E-state index in [9.17, 15) is 0 Å². The van der Waals surface area contributed by atoms with Crippen LogP contribution in [0.5, 0.6) is 5.75 Å². The molecule has 0 amide bonds. The Morgan fingerprint density at radius 1 is 0.964 bits per heavy atom. The van der Waals surface area contributed by atoms with E-state index >= 15 is 0 Å². The average molecular weight is 371 g/mol. The fourth-order valence-corrected chi connectivity index (χ4v) is 3.97. The van der Waals surface area contributed by atoms with Crippen LogP contribution < -0.4 is 10.1 Å². The first-order chi connectivity index (χ1) is 13.8. The van der Waals surface area contributed by atoms with Gasteiger partial charge in [0.15, 0.2) is 0 Å². The number of benzene rings is 2. The van der Waals surface area contributed by atoms with Crippen LogP contribution in [0.3, 0.4) is 0 Å². The highest BCUT2D eigenvalue weighted by Gasteiger charge is 2.18. The first-order valence-electron chi connectivity index (χ1n) is 10.0. The minimum atomic E-state index is 0.483. The van der Waals surface area contributed by atoms with Gasteiger partial charge in [-0.3, -0.25) is 9.88 Å². The molecule has 0 bridgehead atoms. The van der Waals surface area contributed by atoms with Crippen molar-refractivity contribution < 1.29 is 4.74 Å². The smallest absolute Gasteiger partial charge is 0.138 e. The Morgan fingerprint density at radius 3 is 2.54 bits per heavy atom. The number of hydrogen-bond donors (Lipinski definition) is 1. The lowest BCUT2D eigenvalue weighted by atomic mass is 10.0. The van der Waals surface area contributed by atoms with Crippen molar-refractivity contribution in [2.75, 3.05) is 13.2 Å². The first-order valence-corrected chi connectivity index (χ1v) is 10.0. The fourth-order valence-electron chi connectivity index (χ4n) is 3.97. The molecule has 2 aliphatic heterocycles. The summed E-state index contributed by atoms with van der Waals surface area (Å²) in [6.45, 7) is 4.82. The van der Waals surface area contributed by atoms with E-state index in [-0.39, 0.29) is 0 Å². The highest BCUT2D eigenvalue weighted by Crippen LogP contribution is 2.27. The van der Waals surface area contributed by atoms with Gasteiger partial charge in [0.25, 0.3) is 0 Å². The Hall–Kier alpha value is -2.69. The molecule has 2 aliphatic rings. The van der Waals surface area contributed by atoms with Gasteiger partial charge in [-0.15, -0.1) is 0 Å². The van der Waals surface area contributed by atoms with Crippen molar-refractivity contribution in [1.82, 2.24) is 15.2 Å². The Morgan fingerprint density at radius 2 is 1.79 bits per heavy atom. The lowest BCUT2D eigenvalue weighted by Gasteiger charge is -2.27. The van der Waals surface area contributed by atoms with Crippen molar-refractivity contribution in [1.29, 1.82) is 0 Å². The first kappa shape index (κ1) is 17.4. The lowest BCUT2D eigenvalue weighted by Crippen LogP contribution is -2.46. The molecular formula is C24H25N3O. The number of ether oxygens (including phenoxy) is 1. The molecule has 4 nitrogen and oxygen atoms in total. The van der Waals surface area contributed by atoms with Crippen LogP contribution in [0.2, 0.25) is 0 Å². The second-order valence-corrected chi connectivity index (χ2v) is 7.77. The zero-order valence-electron chi connectivity index (χ0n) is 16.0. The molecule has 3 heterocycles. The van der Waals surface area contributed by atoms with Crippen LogP contribution in [0.15, 0.2) is 67.0 Å². The normalized spacial score (nSPS) is 18.5. The lowest BCUT2D eigenvalue weighted by molar-refractivity contribution is 0.217. The molecule has 1 unspecified atom stereocenters. The summed E-state index contributed by atoms with van der Waals surface area (Å²) in [5, 5.41) is 3.36. The predicted molar refractivity (Wildman–Crippen MR) is 111 cm³/mol. The monoisotopic (exact) mass is 371 g/mol. The second-order valence-electron chi connectivity index (χ2n) is 7.77. The van der Waals surface area contributed by atoms with Gasteiger partial charge in [-0.05, 0) is 47.4 Å². The van der Waals surface area contributed by atoms with Crippen LogP contribution >= 0.6 is 0 Å². The third-order valence-electron chi connectivity index (χ3n) is 5.66. The van der Waals surface area contributed by atoms with E-state index in [1.54, 1.807) is 6.20 Å². The number of nitrogens with zero attached hydrogens (tertiary/aromatic N) is 2. The summed E-state index contributed by atoms with van der Waals surface area (Å²) in [6.07, 6.45) is 4.91. The Kier molecular flexibility index (Phi) is 4.81. The third-order valence-corrected chi connectivity index (χ3v) is 5.66. The minimum absolute atomic E-state index is 0.483. The molecule has 1 saturated heterocycles. The molecule has 28 heavy (non-hydrogen) atoms. The maximum absolute atomic E-state index is 5.91. The van der Waals surface area contributed by atoms with Gasteiger partial charge >= 0.3 is 0 Å². The van der Waals surface area contributed by atoms with Crippen molar-refractivity contribution in [3.8, 4) is 16.9 Å². The average Bonchev–Trinajstić information content (AvgIpc) is 3.09. The molecule has 2 aromatic carbocycles. The van der Waals surface area contributed by atoms with E-state index in [2.05, 4.69) is 69.8 Å². The molecule has 5 rings (SSSR count). The molecule has 0 spiro atoms. The zero-order chi connectivity index (χ0) is 18.8. The van der Waals surface area contributed by atoms with E-state index in [1.807, 2.05) is 6.20 Å². The van der Waals surface area contributed by atoms with Gasteiger partial charge in [-0.25, -0.2) is 0 Å².